The topological polar surface area (TPSA) is 35.8 Å². The molecule has 25 heavy (non-hydrogen) atoms. The van der Waals surface area contributed by atoms with E-state index in [4.69, 9.17) is 11.6 Å². The lowest BCUT2D eigenvalue weighted by Crippen LogP contribution is -2.27. The zero-order chi connectivity index (χ0) is 16.9. The molecule has 0 fully saturated rings. The molecule has 0 aliphatic carbocycles. The van der Waals surface area contributed by atoms with Crippen molar-refractivity contribution >= 4 is 41.2 Å². The lowest BCUT2D eigenvalue weighted by atomic mass is 10.1. The first-order chi connectivity index (χ1) is 11.6. The summed E-state index contributed by atoms with van der Waals surface area (Å²) in [5, 5.41) is 12.3. The number of hydrogen-bond acceptors (Lipinski definition) is 2. The molecule has 0 spiro atoms. The summed E-state index contributed by atoms with van der Waals surface area (Å²) in [5.74, 6) is 0.411. The minimum atomic E-state index is 0. The highest BCUT2D eigenvalue weighted by atomic mass is 35.5. The van der Waals surface area contributed by atoms with Gasteiger partial charge in [0.15, 0.2) is 5.84 Å². The van der Waals surface area contributed by atoms with Gasteiger partial charge < -0.3 is 0 Å². The van der Waals surface area contributed by atoms with E-state index in [1.54, 1.807) is 6.07 Å². The van der Waals surface area contributed by atoms with Crippen molar-refractivity contribution in [1.82, 2.24) is 0 Å². The van der Waals surface area contributed by atoms with E-state index in [1.807, 2.05) is 79.7 Å². The van der Waals surface area contributed by atoms with Gasteiger partial charge in [-0.2, -0.15) is 0 Å². The van der Waals surface area contributed by atoms with Crippen molar-refractivity contribution in [2.24, 2.45) is 4.99 Å². The molecule has 0 saturated heterocycles. The largest absolute Gasteiger partial charge is 0.282 e. The second-order valence-corrected chi connectivity index (χ2v) is 5.81. The number of aliphatic imine (C=N–C) groups is 1. The number of hydroxylamine groups is 1. The lowest BCUT2D eigenvalue weighted by Gasteiger charge is -2.20. The molecule has 0 amide bonds. The van der Waals surface area contributed by atoms with Gasteiger partial charge in [0.05, 0.1) is 16.4 Å². The zero-order valence-corrected chi connectivity index (χ0v) is 15.2. The summed E-state index contributed by atoms with van der Waals surface area (Å²) in [6.45, 7) is 2.02. The summed E-state index contributed by atoms with van der Waals surface area (Å²) in [6.07, 6.45) is 0. The smallest absolute Gasteiger partial charge is 0.165 e. The normalized spacial score (nSPS) is 10.9. The molecular weight excluding hydrogens is 355 g/mol. The first-order valence-corrected chi connectivity index (χ1v) is 7.97. The minimum Gasteiger partial charge on any atom is -0.282 e. The van der Waals surface area contributed by atoms with Gasteiger partial charge in [-0.25, -0.2) is 10.1 Å². The van der Waals surface area contributed by atoms with Gasteiger partial charge >= 0.3 is 0 Å². The monoisotopic (exact) mass is 372 g/mol. The average Bonchev–Trinajstić information content (AvgIpc) is 2.62. The number of para-hydroxylation sites is 2. The fourth-order valence-electron chi connectivity index (χ4n) is 2.28. The van der Waals surface area contributed by atoms with Gasteiger partial charge in [-0.3, -0.25) is 5.21 Å². The molecule has 0 heterocycles. The molecule has 3 rings (SSSR count). The first-order valence-electron chi connectivity index (χ1n) is 7.59. The molecule has 3 aromatic carbocycles. The maximum atomic E-state index is 10.7. The average molecular weight is 373 g/mol. The number of hydrogen-bond donors (Lipinski definition) is 1. The molecule has 128 valence electrons. The second-order valence-electron chi connectivity index (χ2n) is 5.40. The number of rotatable bonds is 3. The summed E-state index contributed by atoms with van der Waals surface area (Å²) in [6, 6.07) is 24.4. The van der Waals surface area contributed by atoms with E-state index in [9.17, 15) is 5.21 Å². The van der Waals surface area contributed by atoms with Crippen LogP contribution in [0.3, 0.4) is 0 Å². The van der Waals surface area contributed by atoms with E-state index < -0.39 is 0 Å². The molecule has 0 bridgehead atoms. The van der Waals surface area contributed by atoms with Crippen molar-refractivity contribution in [1.29, 1.82) is 0 Å². The number of anilines is 1. The molecule has 0 saturated carbocycles. The highest BCUT2D eigenvalue weighted by Gasteiger charge is 2.14. The van der Waals surface area contributed by atoms with Gasteiger partial charge in [0.1, 0.15) is 0 Å². The molecule has 0 unspecified atom stereocenters. The van der Waals surface area contributed by atoms with Gasteiger partial charge in [-0.1, -0.05) is 71.8 Å². The SMILES string of the molecule is Cc1ccc(C(=Nc2ccccc2Cl)N(O)c2ccccc2)cc1.Cl. The van der Waals surface area contributed by atoms with E-state index in [2.05, 4.69) is 4.99 Å². The lowest BCUT2D eigenvalue weighted by molar-refractivity contribution is 0.313. The molecular formula is C20H18Cl2N2O. The van der Waals surface area contributed by atoms with E-state index in [0.29, 0.717) is 22.2 Å². The Hall–Kier alpha value is -2.33. The van der Waals surface area contributed by atoms with E-state index in [0.717, 1.165) is 16.2 Å². The van der Waals surface area contributed by atoms with Crippen LogP contribution in [0.25, 0.3) is 0 Å². The van der Waals surface area contributed by atoms with Crippen LogP contribution in [0.1, 0.15) is 11.1 Å². The van der Waals surface area contributed by atoms with E-state index in [1.165, 1.54) is 0 Å². The highest BCUT2D eigenvalue weighted by Crippen LogP contribution is 2.26. The predicted molar refractivity (Wildman–Crippen MR) is 107 cm³/mol. The predicted octanol–water partition coefficient (Wildman–Crippen LogP) is 6.04. The fourth-order valence-corrected chi connectivity index (χ4v) is 2.46. The standard InChI is InChI=1S/C20H17ClN2O.ClH/c1-15-11-13-16(14-12-15)20(22-19-10-6-5-9-18(19)21)23(24)17-7-3-2-4-8-17;/h2-14,24H,1H3;1H. The molecule has 3 nitrogen and oxygen atoms in total. The second kappa shape index (κ2) is 8.67. The van der Waals surface area contributed by atoms with E-state index >= 15 is 0 Å². The molecule has 0 aliphatic heterocycles. The summed E-state index contributed by atoms with van der Waals surface area (Å²) < 4.78 is 0. The Morgan fingerprint density at radius 3 is 2.12 bits per heavy atom. The third-order valence-electron chi connectivity index (χ3n) is 3.59. The molecule has 1 N–H and O–H groups in total. The Morgan fingerprint density at radius 1 is 0.880 bits per heavy atom. The summed E-state index contributed by atoms with van der Waals surface area (Å²) in [7, 11) is 0. The van der Waals surface area contributed by atoms with Gasteiger partial charge in [-0.05, 0) is 31.2 Å². The van der Waals surface area contributed by atoms with Crippen molar-refractivity contribution in [3.63, 3.8) is 0 Å². The van der Waals surface area contributed by atoms with Crippen molar-refractivity contribution in [2.45, 2.75) is 6.92 Å². The molecule has 5 heteroatoms. The Balaban J connectivity index is 0.00000225. The van der Waals surface area contributed by atoms with Crippen molar-refractivity contribution in [3.05, 3.63) is 95.0 Å². The quantitative estimate of drug-likeness (QED) is 0.345. The Bertz CT molecular complexity index is 849. The third-order valence-corrected chi connectivity index (χ3v) is 3.91. The van der Waals surface area contributed by atoms with Crippen molar-refractivity contribution < 1.29 is 5.21 Å². The Kier molecular flexibility index (Phi) is 6.59. The summed E-state index contributed by atoms with van der Waals surface area (Å²) >= 11 is 6.22. The van der Waals surface area contributed by atoms with Gasteiger partial charge in [-0.15, -0.1) is 12.4 Å². The van der Waals surface area contributed by atoms with Crippen LogP contribution in [0, 0.1) is 6.92 Å². The molecule has 0 aliphatic rings. The summed E-state index contributed by atoms with van der Waals surface area (Å²) in [5.41, 5.74) is 3.17. The molecule has 0 radical (unpaired) electrons. The third kappa shape index (κ3) is 4.60. The van der Waals surface area contributed by atoms with E-state index in [-0.39, 0.29) is 12.4 Å². The maximum Gasteiger partial charge on any atom is 0.165 e. The van der Waals surface area contributed by atoms with Crippen LogP contribution in [0.4, 0.5) is 11.4 Å². The van der Waals surface area contributed by atoms with Crippen LogP contribution < -0.4 is 5.06 Å². The molecule has 3 aromatic rings. The van der Waals surface area contributed by atoms with Gasteiger partial charge in [0.25, 0.3) is 0 Å². The van der Waals surface area contributed by atoms with Gasteiger partial charge in [0.2, 0.25) is 0 Å². The number of aryl methyl sites for hydroxylation is 1. The van der Waals surface area contributed by atoms with Crippen LogP contribution in [0.2, 0.25) is 5.02 Å². The Morgan fingerprint density at radius 2 is 1.48 bits per heavy atom. The van der Waals surface area contributed by atoms with Crippen molar-refractivity contribution in [3.8, 4) is 0 Å². The van der Waals surface area contributed by atoms with Gasteiger partial charge in [0, 0.05) is 5.56 Å². The maximum absolute atomic E-state index is 10.7. The van der Waals surface area contributed by atoms with Crippen molar-refractivity contribution in [2.75, 3.05) is 5.06 Å². The zero-order valence-electron chi connectivity index (χ0n) is 13.6. The van der Waals surface area contributed by atoms with Crippen LogP contribution >= 0.6 is 24.0 Å². The number of benzene rings is 3. The van der Waals surface area contributed by atoms with Crippen LogP contribution in [0.5, 0.6) is 0 Å². The fraction of sp³-hybridized carbons (Fsp3) is 0.0500. The number of halogens is 2. The van der Waals surface area contributed by atoms with Crippen LogP contribution in [-0.4, -0.2) is 11.0 Å². The molecule has 0 aromatic heterocycles. The first kappa shape index (κ1) is 19.0. The molecule has 0 atom stereocenters. The Labute approximate surface area is 158 Å². The van der Waals surface area contributed by atoms with Crippen LogP contribution in [0.15, 0.2) is 83.9 Å². The number of nitrogens with zero attached hydrogens (tertiary/aromatic N) is 2. The highest BCUT2D eigenvalue weighted by molar-refractivity contribution is 6.33. The van der Waals surface area contributed by atoms with Crippen LogP contribution in [-0.2, 0) is 0 Å². The summed E-state index contributed by atoms with van der Waals surface area (Å²) in [4.78, 5) is 4.59. The number of amidine groups is 1. The minimum absolute atomic E-state index is 0.